The summed E-state index contributed by atoms with van der Waals surface area (Å²) in [5, 5.41) is 5.51. The Labute approximate surface area is 116 Å². The molecule has 5 nitrogen and oxygen atoms in total. The summed E-state index contributed by atoms with van der Waals surface area (Å²) in [6.45, 7) is 2.14. The lowest BCUT2D eigenvalue weighted by molar-refractivity contribution is 0.102. The van der Waals surface area contributed by atoms with Crippen LogP contribution in [-0.4, -0.2) is 15.7 Å². The van der Waals surface area contributed by atoms with Crippen LogP contribution in [0.2, 0.25) is 0 Å². The van der Waals surface area contributed by atoms with Crippen LogP contribution in [0.4, 0.5) is 28.9 Å². The minimum absolute atomic E-state index is 0.0351. The smallest absolute Gasteiger partial charge is 0.278 e. The highest BCUT2D eigenvalue weighted by atomic mass is 19.2. The van der Waals surface area contributed by atoms with E-state index < -0.39 is 34.9 Å². The van der Waals surface area contributed by atoms with Crippen molar-refractivity contribution in [3.05, 3.63) is 41.2 Å². The van der Waals surface area contributed by atoms with E-state index in [1.807, 2.05) is 0 Å². The quantitative estimate of drug-likeness (QED) is 0.675. The van der Waals surface area contributed by atoms with E-state index in [1.165, 1.54) is 10.9 Å². The van der Waals surface area contributed by atoms with Crippen molar-refractivity contribution in [1.82, 2.24) is 9.78 Å². The third-order valence-corrected chi connectivity index (χ3v) is 2.68. The van der Waals surface area contributed by atoms with E-state index in [0.29, 0.717) is 6.54 Å². The Morgan fingerprint density at radius 2 is 1.86 bits per heavy atom. The summed E-state index contributed by atoms with van der Waals surface area (Å²) < 4.78 is 54.3. The number of aryl methyl sites for hydroxylation is 1. The van der Waals surface area contributed by atoms with Gasteiger partial charge in [-0.1, -0.05) is 0 Å². The first kappa shape index (κ1) is 14.8. The molecule has 0 saturated heterocycles. The zero-order chi connectivity index (χ0) is 15.7. The minimum Gasteiger partial charge on any atom is -0.396 e. The lowest BCUT2D eigenvalue weighted by Crippen LogP contribution is -2.18. The van der Waals surface area contributed by atoms with Gasteiger partial charge in [-0.3, -0.25) is 9.48 Å². The van der Waals surface area contributed by atoms with Gasteiger partial charge in [0, 0.05) is 18.8 Å². The third kappa shape index (κ3) is 2.67. The number of hydrogen-bond donors (Lipinski definition) is 2. The minimum atomic E-state index is -1.71. The first-order valence-corrected chi connectivity index (χ1v) is 5.82. The molecule has 0 bridgehead atoms. The molecule has 9 heteroatoms. The normalized spacial score (nSPS) is 10.7. The van der Waals surface area contributed by atoms with Crippen LogP contribution in [0.1, 0.15) is 17.4 Å². The Kier molecular flexibility index (Phi) is 3.83. The van der Waals surface area contributed by atoms with Crippen LogP contribution in [0.15, 0.2) is 12.3 Å². The van der Waals surface area contributed by atoms with E-state index in [2.05, 4.69) is 5.10 Å². The molecule has 1 aromatic carbocycles. The van der Waals surface area contributed by atoms with E-state index >= 15 is 0 Å². The first-order valence-electron chi connectivity index (χ1n) is 5.82. The molecule has 1 heterocycles. The SMILES string of the molecule is CCn1cc(N)c(C(=O)Nc2c(F)c(F)cc(F)c2F)n1. The van der Waals surface area contributed by atoms with Gasteiger partial charge in [-0.05, 0) is 6.92 Å². The number of carbonyl (C=O) groups is 1. The summed E-state index contributed by atoms with van der Waals surface area (Å²) in [5.74, 6) is -7.76. The van der Waals surface area contributed by atoms with E-state index in [1.54, 1.807) is 12.2 Å². The van der Waals surface area contributed by atoms with E-state index in [4.69, 9.17) is 5.73 Å². The van der Waals surface area contributed by atoms with E-state index in [9.17, 15) is 22.4 Å². The van der Waals surface area contributed by atoms with Crippen molar-refractivity contribution >= 4 is 17.3 Å². The van der Waals surface area contributed by atoms with Crippen LogP contribution in [0.3, 0.4) is 0 Å². The molecule has 0 aliphatic rings. The summed E-state index contributed by atoms with van der Waals surface area (Å²) in [6.07, 6.45) is 1.34. The molecule has 112 valence electrons. The van der Waals surface area contributed by atoms with Crippen LogP contribution in [0.25, 0.3) is 0 Å². The van der Waals surface area contributed by atoms with Crippen molar-refractivity contribution in [1.29, 1.82) is 0 Å². The topological polar surface area (TPSA) is 72.9 Å². The highest BCUT2D eigenvalue weighted by Crippen LogP contribution is 2.25. The maximum Gasteiger partial charge on any atom is 0.278 e. The molecule has 0 radical (unpaired) electrons. The molecular formula is C12H10F4N4O. The van der Waals surface area contributed by atoms with E-state index in [0.717, 1.165) is 0 Å². The van der Waals surface area contributed by atoms with Crippen LogP contribution in [0.5, 0.6) is 0 Å². The number of nitrogen functional groups attached to an aromatic ring is 1. The maximum atomic E-state index is 13.4. The standard InChI is InChI=1S/C12H10F4N4O/c1-2-20-4-7(17)10(19-20)12(21)18-11-8(15)5(13)3-6(14)9(11)16/h3-4H,2,17H2,1H3,(H,18,21). The molecule has 0 fully saturated rings. The van der Waals surface area contributed by atoms with Gasteiger partial charge in [0.15, 0.2) is 29.0 Å². The molecule has 0 spiro atoms. The van der Waals surface area contributed by atoms with Crippen molar-refractivity contribution < 1.29 is 22.4 Å². The molecule has 3 N–H and O–H groups in total. The summed E-state index contributed by atoms with van der Waals surface area (Å²) in [6, 6.07) is 0.0422. The third-order valence-electron chi connectivity index (χ3n) is 2.68. The second kappa shape index (κ2) is 5.43. The molecule has 1 amide bonds. The number of anilines is 2. The highest BCUT2D eigenvalue weighted by Gasteiger charge is 2.23. The molecule has 0 unspecified atom stereocenters. The number of hydrogen-bond acceptors (Lipinski definition) is 3. The van der Waals surface area contributed by atoms with Crippen molar-refractivity contribution in [2.45, 2.75) is 13.5 Å². The summed E-state index contributed by atoms with van der Waals surface area (Å²) >= 11 is 0. The monoisotopic (exact) mass is 302 g/mol. The van der Waals surface area contributed by atoms with Gasteiger partial charge in [0.2, 0.25) is 0 Å². The molecule has 21 heavy (non-hydrogen) atoms. The number of aromatic nitrogens is 2. The predicted octanol–water partition coefficient (Wildman–Crippen LogP) is 2.29. The van der Waals surface area contributed by atoms with Gasteiger partial charge < -0.3 is 11.1 Å². The van der Waals surface area contributed by atoms with Crippen LogP contribution in [0, 0.1) is 23.3 Å². The van der Waals surface area contributed by atoms with Crippen LogP contribution < -0.4 is 11.1 Å². The zero-order valence-corrected chi connectivity index (χ0v) is 10.8. The number of benzene rings is 1. The maximum absolute atomic E-state index is 13.4. The Balaban J connectivity index is 2.38. The average molecular weight is 302 g/mol. The first-order chi connectivity index (χ1) is 9.85. The van der Waals surface area contributed by atoms with Crippen molar-refractivity contribution in [3.63, 3.8) is 0 Å². The lowest BCUT2D eigenvalue weighted by atomic mass is 10.2. The summed E-state index contributed by atoms with van der Waals surface area (Å²) in [4.78, 5) is 11.8. The molecule has 2 aromatic rings. The number of nitrogens with one attached hydrogen (secondary N) is 1. The van der Waals surface area contributed by atoms with Crippen LogP contribution in [-0.2, 0) is 6.54 Å². The second-order valence-corrected chi connectivity index (χ2v) is 4.09. The van der Waals surface area contributed by atoms with Crippen molar-refractivity contribution in [2.75, 3.05) is 11.1 Å². The van der Waals surface area contributed by atoms with Gasteiger partial charge in [0.25, 0.3) is 5.91 Å². The second-order valence-electron chi connectivity index (χ2n) is 4.09. The zero-order valence-electron chi connectivity index (χ0n) is 10.8. The lowest BCUT2D eigenvalue weighted by Gasteiger charge is -2.08. The van der Waals surface area contributed by atoms with Crippen LogP contribution >= 0.6 is 0 Å². The Morgan fingerprint density at radius 1 is 1.29 bits per heavy atom. The Bertz CT molecular complexity index is 688. The molecule has 2 rings (SSSR count). The fourth-order valence-corrected chi connectivity index (χ4v) is 1.63. The Morgan fingerprint density at radius 3 is 2.33 bits per heavy atom. The molecule has 0 aliphatic heterocycles. The molecule has 0 atom stereocenters. The van der Waals surface area contributed by atoms with Gasteiger partial charge in [-0.15, -0.1) is 0 Å². The number of nitrogens with two attached hydrogens (primary N) is 1. The number of halogens is 4. The van der Waals surface area contributed by atoms with Crippen molar-refractivity contribution in [2.24, 2.45) is 0 Å². The van der Waals surface area contributed by atoms with Gasteiger partial charge in [-0.2, -0.15) is 5.10 Å². The number of nitrogens with zero attached hydrogens (tertiary/aromatic N) is 2. The molecular weight excluding hydrogens is 292 g/mol. The average Bonchev–Trinajstić information content (AvgIpc) is 2.82. The van der Waals surface area contributed by atoms with Gasteiger partial charge >= 0.3 is 0 Å². The molecule has 0 saturated carbocycles. The summed E-state index contributed by atoms with van der Waals surface area (Å²) in [5.41, 5.74) is 3.95. The Hall–Kier alpha value is -2.58. The molecule has 1 aromatic heterocycles. The fraction of sp³-hybridized carbons (Fsp3) is 0.167. The van der Waals surface area contributed by atoms with Gasteiger partial charge in [0.1, 0.15) is 5.69 Å². The largest absolute Gasteiger partial charge is 0.396 e. The fourth-order valence-electron chi connectivity index (χ4n) is 1.63. The van der Waals surface area contributed by atoms with E-state index in [-0.39, 0.29) is 17.4 Å². The number of rotatable bonds is 3. The van der Waals surface area contributed by atoms with Crippen molar-refractivity contribution in [3.8, 4) is 0 Å². The number of carbonyl (C=O) groups excluding carboxylic acids is 1. The predicted molar refractivity (Wildman–Crippen MR) is 66.5 cm³/mol. The van der Waals surface area contributed by atoms with Gasteiger partial charge in [-0.25, -0.2) is 17.6 Å². The molecule has 0 aliphatic carbocycles. The summed E-state index contributed by atoms with van der Waals surface area (Å²) in [7, 11) is 0. The highest BCUT2D eigenvalue weighted by molar-refractivity contribution is 6.06. The number of amides is 1. The van der Waals surface area contributed by atoms with Gasteiger partial charge in [0.05, 0.1) is 5.69 Å².